The molecule has 1 unspecified atom stereocenters. The summed E-state index contributed by atoms with van der Waals surface area (Å²) in [5.74, 6) is 0. The van der Waals surface area contributed by atoms with Crippen molar-refractivity contribution in [3.05, 3.63) is 28.8 Å². The Morgan fingerprint density at radius 1 is 1.14 bits per heavy atom. The normalized spacial score (nSPS) is 14.1. The van der Waals surface area contributed by atoms with Gasteiger partial charge in [0.1, 0.15) is 0 Å². The molecule has 1 rings (SSSR count). The summed E-state index contributed by atoms with van der Waals surface area (Å²) in [6.07, 6.45) is 0. The topological polar surface area (TPSA) is 15.3 Å². The zero-order valence-corrected chi connectivity index (χ0v) is 15.6. The molecule has 1 aromatic rings. The van der Waals surface area contributed by atoms with Gasteiger partial charge in [-0.05, 0) is 50.8 Å². The lowest BCUT2D eigenvalue weighted by atomic mass is 9.86. The van der Waals surface area contributed by atoms with E-state index in [1.807, 2.05) is 6.07 Å². The number of hydrogen-bond acceptors (Lipinski definition) is 2. The number of nitrogens with zero attached hydrogens (tertiary/aromatic N) is 1. The number of nitrogens with one attached hydrogen (secondary N) is 1. The van der Waals surface area contributed by atoms with Crippen molar-refractivity contribution in [2.45, 2.75) is 66.6 Å². The monoisotopic (exact) mass is 310 g/mol. The van der Waals surface area contributed by atoms with Crippen LogP contribution in [0.1, 0.15) is 54.0 Å². The van der Waals surface area contributed by atoms with Crippen LogP contribution in [-0.4, -0.2) is 18.6 Å². The quantitative estimate of drug-likeness (QED) is 0.832. The van der Waals surface area contributed by atoms with Crippen LogP contribution in [-0.2, 0) is 6.54 Å². The molecule has 3 heteroatoms. The third kappa shape index (κ3) is 5.52. The second-order valence-corrected chi connectivity index (χ2v) is 8.47. The molecule has 1 atom stereocenters. The summed E-state index contributed by atoms with van der Waals surface area (Å²) in [7, 11) is 2.15. The minimum Gasteiger partial charge on any atom is -0.371 e. The number of benzene rings is 1. The second-order valence-electron chi connectivity index (χ2n) is 8.03. The summed E-state index contributed by atoms with van der Waals surface area (Å²) in [6, 6.07) is 6.59. The van der Waals surface area contributed by atoms with E-state index in [1.165, 1.54) is 11.3 Å². The first-order valence-corrected chi connectivity index (χ1v) is 8.06. The molecule has 0 saturated carbocycles. The third-order valence-electron chi connectivity index (χ3n) is 4.07. The van der Waals surface area contributed by atoms with Crippen molar-refractivity contribution in [3.63, 3.8) is 0 Å². The van der Waals surface area contributed by atoms with Crippen LogP contribution in [0.4, 0.5) is 5.69 Å². The smallest absolute Gasteiger partial charge is 0.0426 e. The van der Waals surface area contributed by atoms with Gasteiger partial charge in [0.2, 0.25) is 0 Å². The van der Waals surface area contributed by atoms with Gasteiger partial charge in [0, 0.05) is 35.9 Å². The highest BCUT2D eigenvalue weighted by Crippen LogP contribution is 2.31. The predicted molar refractivity (Wildman–Crippen MR) is 95.4 cm³/mol. The highest BCUT2D eigenvalue weighted by Gasteiger charge is 2.25. The Morgan fingerprint density at radius 3 is 2.19 bits per heavy atom. The molecule has 0 spiro atoms. The molecule has 0 heterocycles. The Hall–Kier alpha value is -0.730. The van der Waals surface area contributed by atoms with E-state index >= 15 is 0 Å². The minimum atomic E-state index is 0.102. The van der Waals surface area contributed by atoms with Crippen LogP contribution in [0.15, 0.2) is 18.2 Å². The van der Waals surface area contributed by atoms with Gasteiger partial charge >= 0.3 is 0 Å². The number of halogens is 1. The van der Waals surface area contributed by atoms with Crippen molar-refractivity contribution in [2.24, 2.45) is 5.41 Å². The Bertz CT molecular complexity index is 469. The summed E-state index contributed by atoms with van der Waals surface area (Å²) in [5, 5.41) is 4.35. The molecule has 0 aliphatic heterocycles. The summed E-state index contributed by atoms with van der Waals surface area (Å²) in [4.78, 5) is 2.34. The first-order valence-electron chi connectivity index (χ1n) is 7.68. The molecule has 0 radical (unpaired) electrons. The average molecular weight is 311 g/mol. The molecule has 0 fully saturated rings. The molecular weight excluding hydrogens is 280 g/mol. The fourth-order valence-corrected chi connectivity index (χ4v) is 2.33. The van der Waals surface area contributed by atoms with Crippen molar-refractivity contribution >= 4 is 17.3 Å². The van der Waals surface area contributed by atoms with Gasteiger partial charge in [-0.15, -0.1) is 0 Å². The summed E-state index contributed by atoms with van der Waals surface area (Å²) in [5.41, 5.74) is 2.81. The maximum absolute atomic E-state index is 6.22. The van der Waals surface area contributed by atoms with E-state index in [-0.39, 0.29) is 11.0 Å². The lowest BCUT2D eigenvalue weighted by Gasteiger charge is -2.38. The fraction of sp³-hybridized carbons (Fsp3) is 0.667. The van der Waals surface area contributed by atoms with Crippen LogP contribution < -0.4 is 10.2 Å². The average Bonchev–Trinajstić information content (AvgIpc) is 2.33. The molecule has 0 aromatic heterocycles. The second kappa shape index (κ2) is 6.58. The van der Waals surface area contributed by atoms with Gasteiger partial charge in [0.25, 0.3) is 0 Å². The fourth-order valence-electron chi connectivity index (χ4n) is 2.16. The summed E-state index contributed by atoms with van der Waals surface area (Å²) < 4.78 is 0. The zero-order chi connectivity index (χ0) is 16.4. The summed E-state index contributed by atoms with van der Waals surface area (Å²) >= 11 is 6.22. The summed E-state index contributed by atoms with van der Waals surface area (Å²) in [6.45, 7) is 16.5. The number of rotatable bonds is 4. The van der Waals surface area contributed by atoms with Gasteiger partial charge in [0.15, 0.2) is 0 Å². The van der Waals surface area contributed by atoms with Gasteiger partial charge < -0.3 is 10.2 Å². The van der Waals surface area contributed by atoms with Crippen LogP contribution in [0, 0.1) is 5.41 Å². The molecule has 0 amide bonds. The molecule has 0 saturated heterocycles. The van der Waals surface area contributed by atoms with E-state index in [0.717, 1.165) is 11.6 Å². The minimum absolute atomic E-state index is 0.102. The van der Waals surface area contributed by atoms with Gasteiger partial charge in [-0.3, -0.25) is 0 Å². The van der Waals surface area contributed by atoms with Crippen LogP contribution in [0.2, 0.25) is 5.02 Å². The lowest BCUT2D eigenvalue weighted by molar-refractivity contribution is 0.329. The van der Waals surface area contributed by atoms with Crippen LogP contribution in [0.3, 0.4) is 0 Å². The highest BCUT2D eigenvalue weighted by atomic mass is 35.5. The number of anilines is 1. The first-order chi connectivity index (χ1) is 9.42. The van der Waals surface area contributed by atoms with Crippen molar-refractivity contribution in [2.75, 3.05) is 11.9 Å². The van der Waals surface area contributed by atoms with Crippen molar-refractivity contribution in [3.8, 4) is 0 Å². The Balaban J connectivity index is 3.07. The zero-order valence-electron chi connectivity index (χ0n) is 14.8. The molecule has 0 aliphatic carbocycles. The van der Waals surface area contributed by atoms with Crippen LogP contribution in [0.5, 0.6) is 0 Å². The van der Waals surface area contributed by atoms with E-state index in [0.29, 0.717) is 6.04 Å². The number of hydrogen-bond donors (Lipinski definition) is 1. The maximum Gasteiger partial charge on any atom is 0.0426 e. The van der Waals surface area contributed by atoms with Crippen molar-refractivity contribution < 1.29 is 0 Å². The molecule has 21 heavy (non-hydrogen) atoms. The molecule has 2 nitrogen and oxygen atoms in total. The molecular formula is C18H31ClN2. The predicted octanol–water partition coefficient (Wildman–Crippen LogP) is 5.10. The Labute approximate surface area is 135 Å². The highest BCUT2D eigenvalue weighted by molar-refractivity contribution is 6.30. The van der Waals surface area contributed by atoms with Crippen LogP contribution in [0.25, 0.3) is 0 Å². The van der Waals surface area contributed by atoms with Gasteiger partial charge in [-0.2, -0.15) is 0 Å². The molecule has 1 aromatic carbocycles. The van der Waals surface area contributed by atoms with E-state index in [2.05, 4.69) is 77.9 Å². The molecule has 0 aliphatic rings. The van der Waals surface area contributed by atoms with Crippen molar-refractivity contribution in [1.29, 1.82) is 0 Å². The standard InChI is InChI=1S/C18H31ClN2/c1-13(17(2,3)4)21(8)16-11-15(19)10-9-14(16)12-20-18(5,6)7/h9-11,13,20H,12H2,1-8H3. The molecule has 1 N–H and O–H groups in total. The van der Waals surface area contributed by atoms with Gasteiger partial charge in [-0.25, -0.2) is 0 Å². The van der Waals surface area contributed by atoms with E-state index < -0.39 is 0 Å². The van der Waals surface area contributed by atoms with Gasteiger partial charge in [0.05, 0.1) is 0 Å². The van der Waals surface area contributed by atoms with Crippen molar-refractivity contribution in [1.82, 2.24) is 5.32 Å². The van der Waals surface area contributed by atoms with Crippen LogP contribution >= 0.6 is 11.6 Å². The Kier molecular flexibility index (Phi) is 5.74. The Morgan fingerprint density at radius 2 is 1.71 bits per heavy atom. The largest absolute Gasteiger partial charge is 0.371 e. The van der Waals surface area contributed by atoms with E-state index in [9.17, 15) is 0 Å². The molecule has 120 valence electrons. The molecule has 0 bridgehead atoms. The third-order valence-corrected chi connectivity index (χ3v) is 4.31. The van der Waals surface area contributed by atoms with E-state index in [4.69, 9.17) is 11.6 Å². The van der Waals surface area contributed by atoms with Gasteiger partial charge in [-0.1, -0.05) is 38.4 Å². The first kappa shape index (κ1) is 18.3. The SMILES string of the molecule is CC(N(C)c1cc(Cl)ccc1CNC(C)(C)C)C(C)(C)C. The van der Waals surface area contributed by atoms with E-state index in [1.54, 1.807) is 0 Å². The lowest BCUT2D eigenvalue weighted by Crippen LogP contribution is -2.40. The maximum atomic E-state index is 6.22.